The Morgan fingerprint density at radius 2 is 1.94 bits per heavy atom. The number of fused-ring (bicyclic) bond motifs is 2. The second-order valence-corrected chi connectivity index (χ2v) is 8.73. The Labute approximate surface area is 197 Å². The minimum Gasteiger partial charge on any atom is -0.496 e. The molecule has 5 rings (SSSR count). The molecule has 4 heterocycles. The van der Waals surface area contributed by atoms with Crippen molar-refractivity contribution >= 4 is 17.8 Å². The van der Waals surface area contributed by atoms with E-state index in [1.807, 2.05) is 24.3 Å². The number of rotatable bonds is 4. The van der Waals surface area contributed by atoms with Gasteiger partial charge in [0.15, 0.2) is 5.82 Å². The Morgan fingerprint density at radius 1 is 1.09 bits per heavy atom. The molecule has 0 saturated heterocycles. The first-order chi connectivity index (χ1) is 16.4. The van der Waals surface area contributed by atoms with Crippen molar-refractivity contribution in [3.05, 3.63) is 52.8 Å². The molecule has 2 aliphatic rings. The van der Waals surface area contributed by atoms with Crippen LogP contribution in [-0.2, 0) is 25.9 Å². The van der Waals surface area contributed by atoms with E-state index in [9.17, 15) is 9.59 Å². The highest BCUT2D eigenvalue weighted by atomic mass is 16.5. The predicted molar refractivity (Wildman–Crippen MR) is 126 cm³/mol. The monoisotopic (exact) mass is 461 g/mol. The van der Waals surface area contributed by atoms with Gasteiger partial charge >= 0.3 is 6.03 Å². The van der Waals surface area contributed by atoms with Gasteiger partial charge in [0.05, 0.1) is 12.7 Å². The van der Waals surface area contributed by atoms with Crippen LogP contribution in [0.3, 0.4) is 0 Å². The van der Waals surface area contributed by atoms with Gasteiger partial charge in [0.25, 0.3) is 5.91 Å². The van der Waals surface area contributed by atoms with Crippen LogP contribution < -0.4 is 10.1 Å². The first-order valence-electron chi connectivity index (χ1n) is 11.3. The Morgan fingerprint density at radius 3 is 2.74 bits per heavy atom. The first-order valence-corrected chi connectivity index (χ1v) is 11.3. The summed E-state index contributed by atoms with van der Waals surface area (Å²) in [5, 5.41) is 11.4. The number of aromatic nitrogens is 4. The van der Waals surface area contributed by atoms with E-state index in [-0.39, 0.29) is 11.9 Å². The van der Waals surface area contributed by atoms with Gasteiger partial charge in [-0.15, -0.1) is 10.2 Å². The lowest BCUT2D eigenvalue weighted by molar-refractivity contribution is 0.102. The van der Waals surface area contributed by atoms with Crippen molar-refractivity contribution in [2.45, 2.75) is 32.4 Å². The quantitative estimate of drug-likeness (QED) is 0.640. The number of nitrogens with one attached hydrogen (secondary N) is 1. The molecule has 0 saturated carbocycles. The van der Waals surface area contributed by atoms with Crippen LogP contribution in [0.1, 0.15) is 33.7 Å². The fourth-order valence-electron chi connectivity index (χ4n) is 4.53. The van der Waals surface area contributed by atoms with E-state index in [1.54, 1.807) is 37.1 Å². The highest BCUT2D eigenvalue weighted by Crippen LogP contribution is 2.29. The molecule has 34 heavy (non-hydrogen) atoms. The van der Waals surface area contributed by atoms with E-state index in [2.05, 4.69) is 25.1 Å². The summed E-state index contributed by atoms with van der Waals surface area (Å²) in [6.45, 7) is 1.94. The van der Waals surface area contributed by atoms with Crippen LogP contribution in [0.25, 0.3) is 11.5 Å². The van der Waals surface area contributed by atoms with E-state index in [0.29, 0.717) is 48.2 Å². The Balaban J connectivity index is 1.40. The number of anilines is 1. The average Bonchev–Trinajstić information content (AvgIpc) is 3.46. The number of pyridine rings is 1. The molecule has 10 heteroatoms. The van der Waals surface area contributed by atoms with Crippen molar-refractivity contribution in [1.82, 2.24) is 29.5 Å². The molecule has 0 spiro atoms. The van der Waals surface area contributed by atoms with Crippen LogP contribution in [0.5, 0.6) is 5.75 Å². The molecule has 0 radical (unpaired) electrons. The molecule has 10 nitrogen and oxygen atoms in total. The van der Waals surface area contributed by atoms with Crippen LogP contribution in [0.15, 0.2) is 30.3 Å². The third-order valence-corrected chi connectivity index (χ3v) is 6.26. The number of nitrogens with zero attached hydrogens (tertiary/aromatic N) is 6. The van der Waals surface area contributed by atoms with E-state index >= 15 is 0 Å². The van der Waals surface area contributed by atoms with E-state index in [4.69, 9.17) is 4.74 Å². The summed E-state index contributed by atoms with van der Waals surface area (Å²) in [5.74, 6) is 2.26. The Bertz CT molecular complexity index is 1270. The van der Waals surface area contributed by atoms with Gasteiger partial charge in [-0.2, -0.15) is 0 Å². The fourth-order valence-corrected chi connectivity index (χ4v) is 4.53. The summed E-state index contributed by atoms with van der Waals surface area (Å²) in [7, 11) is 5.02. The van der Waals surface area contributed by atoms with Crippen LogP contribution in [0, 0.1) is 0 Å². The lowest BCUT2D eigenvalue weighted by Gasteiger charge is -2.31. The molecule has 176 valence electrons. The van der Waals surface area contributed by atoms with Crippen molar-refractivity contribution in [2.24, 2.45) is 0 Å². The maximum Gasteiger partial charge on any atom is 0.319 e. The van der Waals surface area contributed by atoms with Gasteiger partial charge < -0.3 is 24.4 Å². The lowest BCUT2D eigenvalue weighted by Crippen LogP contribution is -2.42. The van der Waals surface area contributed by atoms with Crippen LogP contribution >= 0.6 is 0 Å². The number of carbonyl (C=O) groups is 2. The smallest absolute Gasteiger partial charge is 0.319 e. The molecule has 0 atom stereocenters. The number of methoxy groups -OCH3 is 1. The first kappa shape index (κ1) is 21.9. The molecule has 0 fully saturated rings. The van der Waals surface area contributed by atoms with Crippen molar-refractivity contribution in [3.8, 4) is 17.3 Å². The normalized spacial score (nSPS) is 14.4. The predicted octanol–water partition coefficient (Wildman–Crippen LogP) is 2.59. The van der Waals surface area contributed by atoms with E-state index < -0.39 is 0 Å². The molecule has 3 aromatic rings. The Kier molecular flexibility index (Phi) is 5.64. The minimum absolute atomic E-state index is 0.0477. The van der Waals surface area contributed by atoms with Gasteiger partial charge in [-0.25, -0.2) is 9.78 Å². The van der Waals surface area contributed by atoms with E-state index in [0.717, 1.165) is 36.3 Å². The fraction of sp³-hybridized carbons (Fsp3) is 0.375. The summed E-state index contributed by atoms with van der Waals surface area (Å²) in [6, 6.07) is 9.10. The maximum absolute atomic E-state index is 13.2. The number of aryl methyl sites for hydroxylation is 1. The number of urea groups is 1. The third kappa shape index (κ3) is 3.95. The van der Waals surface area contributed by atoms with Gasteiger partial charge in [-0.3, -0.25) is 4.79 Å². The molecular weight excluding hydrogens is 434 g/mol. The third-order valence-electron chi connectivity index (χ3n) is 6.26. The van der Waals surface area contributed by atoms with Gasteiger partial charge in [-0.1, -0.05) is 6.07 Å². The van der Waals surface area contributed by atoms with E-state index in [1.165, 1.54) is 0 Å². The lowest BCUT2D eigenvalue weighted by atomic mass is 9.96. The van der Waals surface area contributed by atoms with Gasteiger partial charge in [0.1, 0.15) is 23.1 Å². The van der Waals surface area contributed by atoms with Crippen LogP contribution in [0.2, 0.25) is 0 Å². The molecule has 2 aromatic heterocycles. The van der Waals surface area contributed by atoms with Gasteiger partial charge in [-0.05, 0) is 48.2 Å². The highest BCUT2D eigenvalue weighted by molar-refractivity contribution is 6.06. The number of hydrogen-bond acceptors (Lipinski definition) is 6. The second-order valence-electron chi connectivity index (χ2n) is 8.73. The highest BCUT2D eigenvalue weighted by Gasteiger charge is 2.25. The average molecular weight is 462 g/mol. The molecule has 1 N–H and O–H groups in total. The van der Waals surface area contributed by atoms with Gasteiger partial charge in [0, 0.05) is 40.2 Å². The number of carbonyl (C=O) groups excluding carboxylic acids is 2. The van der Waals surface area contributed by atoms with Crippen molar-refractivity contribution in [3.63, 3.8) is 0 Å². The molecule has 0 bridgehead atoms. The topological polar surface area (TPSA) is 105 Å². The summed E-state index contributed by atoms with van der Waals surface area (Å²) < 4.78 is 7.59. The van der Waals surface area contributed by atoms with Gasteiger partial charge in [0.2, 0.25) is 0 Å². The summed E-state index contributed by atoms with van der Waals surface area (Å²) >= 11 is 0. The molecular formula is C24H27N7O3. The molecule has 1 aromatic carbocycles. The number of ether oxygens (including phenoxy) is 1. The molecule has 0 unspecified atom stereocenters. The standard InChI is InChI=1S/C24H27N7O3/c1-29(2)24(33)30-11-9-15-13-19(34-3)17(12-16(15)14-30)23(32)26-20-7-4-6-18(25-20)22-28-27-21-8-5-10-31(21)22/h4,6-7,12-13H,5,8-11,14H2,1-3H3,(H,25,26,32). The second kappa shape index (κ2) is 8.77. The largest absolute Gasteiger partial charge is 0.496 e. The number of hydrogen-bond donors (Lipinski definition) is 1. The number of benzene rings is 1. The maximum atomic E-state index is 13.2. The number of amides is 3. The molecule has 2 aliphatic heterocycles. The summed E-state index contributed by atoms with van der Waals surface area (Å²) in [6.07, 6.45) is 2.67. The van der Waals surface area contributed by atoms with Crippen LogP contribution in [0.4, 0.5) is 10.6 Å². The zero-order valence-electron chi connectivity index (χ0n) is 19.5. The Hall–Kier alpha value is -3.95. The minimum atomic E-state index is -0.327. The molecule has 0 aliphatic carbocycles. The zero-order chi connectivity index (χ0) is 23.8. The summed E-state index contributed by atoms with van der Waals surface area (Å²) in [5.41, 5.74) is 3.08. The summed E-state index contributed by atoms with van der Waals surface area (Å²) in [4.78, 5) is 33.6. The zero-order valence-corrected chi connectivity index (χ0v) is 19.5. The van der Waals surface area contributed by atoms with Crippen molar-refractivity contribution < 1.29 is 14.3 Å². The van der Waals surface area contributed by atoms with Crippen LogP contribution in [-0.4, -0.2) is 69.2 Å². The SMILES string of the molecule is COc1cc2c(cc1C(=O)Nc1cccc(-c3nnc4n3CCC4)n1)CN(C(=O)N(C)C)CC2. The van der Waals surface area contributed by atoms with Crippen molar-refractivity contribution in [2.75, 3.05) is 33.1 Å². The van der Waals surface area contributed by atoms with Crippen molar-refractivity contribution in [1.29, 1.82) is 0 Å². The molecule has 3 amide bonds.